The number of aromatic nitrogens is 5. The molecule has 0 N–H and O–H groups in total. The van der Waals surface area contributed by atoms with Crippen molar-refractivity contribution in [3.8, 4) is 22.5 Å². The standard InChI is InChI=1S/C16H9F4N5S/c17-16(18,19)13-3-1-2-12(22-13)15-11(9-25(23-15)26-20)10-4-5-14-21-6-7-24(14)8-10/h1-9H. The van der Waals surface area contributed by atoms with Gasteiger partial charge in [-0.3, -0.25) is 0 Å². The summed E-state index contributed by atoms with van der Waals surface area (Å²) >= 11 is -0.155. The summed E-state index contributed by atoms with van der Waals surface area (Å²) in [5.74, 6) is 0. The zero-order chi connectivity index (χ0) is 18.3. The lowest BCUT2D eigenvalue weighted by Crippen LogP contribution is -2.08. The van der Waals surface area contributed by atoms with Crippen LogP contribution in [0.15, 0.2) is 55.1 Å². The molecule has 5 nitrogen and oxygen atoms in total. The van der Waals surface area contributed by atoms with E-state index in [0.29, 0.717) is 16.8 Å². The van der Waals surface area contributed by atoms with E-state index in [-0.39, 0.29) is 23.7 Å². The third kappa shape index (κ3) is 2.92. The predicted octanol–water partition coefficient (Wildman–Crippen LogP) is 4.66. The molecule has 0 aliphatic carbocycles. The molecule has 132 valence electrons. The van der Waals surface area contributed by atoms with E-state index in [2.05, 4.69) is 15.1 Å². The highest BCUT2D eigenvalue weighted by atomic mass is 32.2. The fourth-order valence-corrected chi connectivity index (χ4v) is 2.85. The van der Waals surface area contributed by atoms with Crippen LogP contribution in [0.3, 0.4) is 0 Å². The molecule has 4 heterocycles. The van der Waals surface area contributed by atoms with Crippen LogP contribution in [-0.4, -0.2) is 23.6 Å². The Bertz CT molecular complexity index is 1090. The second-order valence-corrected chi connectivity index (χ2v) is 5.89. The molecule has 10 heteroatoms. The minimum Gasteiger partial charge on any atom is -0.306 e. The van der Waals surface area contributed by atoms with Crippen molar-refractivity contribution in [2.24, 2.45) is 0 Å². The van der Waals surface area contributed by atoms with Crippen molar-refractivity contribution in [3.05, 3.63) is 60.8 Å². The van der Waals surface area contributed by atoms with Gasteiger partial charge in [-0.1, -0.05) is 6.07 Å². The first-order valence-corrected chi connectivity index (χ1v) is 7.99. The summed E-state index contributed by atoms with van der Waals surface area (Å²) in [5.41, 5.74) is 0.935. The number of fused-ring (bicyclic) bond motifs is 1. The number of pyridine rings is 2. The molecule has 0 aromatic carbocycles. The van der Waals surface area contributed by atoms with Gasteiger partial charge in [0.25, 0.3) is 0 Å². The van der Waals surface area contributed by atoms with Crippen molar-refractivity contribution < 1.29 is 17.1 Å². The Morgan fingerprint density at radius 2 is 1.88 bits per heavy atom. The minimum atomic E-state index is -4.58. The molecule has 26 heavy (non-hydrogen) atoms. The highest BCUT2D eigenvalue weighted by molar-refractivity contribution is 7.92. The van der Waals surface area contributed by atoms with E-state index < -0.39 is 11.9 Å². The van der Waals surface area contributed by atoms with E-state index in [1.807, 2.05) is 0 Å². The molecule has 4 aromatic rings. The van der Waals surface area contributed by atoms with E-state index in [4.69, 9.17) is 0 Å². The normalized spacial score (nSPS) is 12.0. The van der Waals surface area contributed by atoms with E-state index >= 15 is 0 Å². The van der Waals surface area contributed by atoms with Crippen LogP contribution in [0.4, 0.5) is 17.1 Å². The van der Waals surface area contributed by atoms with Crippen LogP contribution < -0.4 is 0 Å². The van der Waals surface area contributed by atoms with Crippen LogP contribution in [0.5, 0.6) is 0 Å². The average Bonchev–Trinajstić information content (AvgIpc) is 3.27. The topological polar surface area (TPSA) is 48.0 Å². The molecule has 0 unspecified atom stereocenters. The molecular weight excluding hydrogens is 370 g/mol. The molecule has 0 amide bonds. The quantitative estimate of drug-likeness (QED) is 0.486. The van der Waals surface area contributed by atoms with Gasteiger partial charge in [-0.2, -0.15) is 22.4 Å². The van der Waals surface area contributed by atoms with Crippen molar-refractivity contribution >= 4 is 18.0 Å². The largest absolute Gasteiger partial charge is 0.433 e. The maximum absolute atomic E-state index is 13.0. The van der Waals surface area contributed by atoms with E-state index in [0.717, 1.165) is 10.2 Å². The molecule has 0 saturated heterocycles. The second-order valence-electron chi connectivity index (χ2n) is 5.38. The first kappa shape index (κ1) is 16.6. The fourth-order valence-electron chi connectivity index (χ4n) is 2.59. The zero-order valence-corrected chi connectivity index (χ0v) is 13.7. The second kappa shape index (κ2) is 6.13. The molecule has 0 atom stereocenters. The SMILES string of the molecule is FSn1cc(-c2ccc3nccn3c2)c(-c2cccc(C(F)(F)F)n2)n1. The molecule has 0 aliphatic rings. The van der Waals surface area contributed by atoms with E-state index in [1.165, 1.54) is 18.3 Å². The van der Waals surface area contributed by atoms with Crippen LogP contribution in [0.2, 0.25) is 0 Å². The van der Waals surface area contributed by atoms with Crippen molar-refractivity contribution in [1.29, 1.82) is 0 Å². The molecule has 4 rings (SSSR count). The Labute approximate surface area is 148 Å². The number of hydrogen-bond acceptors (Lipinski definition) is 4. The minimum absolute atomic E-state index is 0.00773. The molecule has 0 radical (unpaired) electrons. The van der Waals surface area contributed by atoms with Crippen LogP contribution in [0.1, 0.15) is 5.69 Å². The van der Waals surface area contributed by atoms with E-state index in [9.17, 15) is 17.1 Å². The summed E-state index contributed by atoms with van der Waals surface area (Å²) in [6, 6.07) is 7.02. The summed E-state index contributed by atoms with van der Waals surface area (Å²) in [5, 5.41) is 4.02. The van der Waals surface area contributed by atoms with Crippen molar-refractivity contribution in [3.63, 3.8) is 0 Å². The highest BCUT2D eigenvalue weighted by Crippen LogP contribution is 2.34. The smallest absolute Gasteiger partial charge is 0.306 e. The van der Waals surface area contributed by atoms with Crippen molar-refractivity contribution in [2.75, 3.05) is 0 Å². The first-order chi connectivity index (χ1) is 12.5. The van der Waals surface area contributed by atoms with Gasteiger partial charge >= 0.3 is 6.18 Å². The maximum atomic E-state index is 13.0. The first-order valence-electron chi connectivity index (χ1n) is 7.32. The van der Waals surface area contributed by atoms with Gasteiger partial charge in [-0.05, 0) is 24.3 Å². The summed E-state index contributed by atoms with van der Waals surface area (Å²) < 4.78 is 54.6. The summed E-state index contributed by atoms with van der Waals surface area (Å²) in [6.45, 7) is 0. The number of alkyl halides is 3. The van der Waals surface area contributed by atoms with Crippen molar-refractivity contribution in [2.45, 2.75) is 6.18 Å². The van der Waals surface area contributed by atoms with Gasteiger partial charge in [0.15, 0.2) is 12.3 Å². The summed E-state index contributed by atoms with van der Waals surface area (Å²) in [7, 11) is 0. The Morgan fingerprint density at radius 3 is 2.65 bits per heavy atom. The monoisotopic (exact) mass is 379 g/mol. The van der Waals surface area contributed by atoms with E-state index in [1.54, 1.807) is 35.1 Å². The van der Waals surface area contributed by atoms with Gasteiger partial charge in [0.1, 0.15) is 17.0 Å². The van der Waals surface area contributed by atoms with Crippen LogP contribution >= 0.6 is 12.3 Å². The van der Waals surface area contributed by atoms with Gasteiger partial charge in [0.05, 0.1) is 5.69 Å². The molecular formula is C16H9F4N5S. The lowest BCUT2D eigenvalue weighted by molar-refractivity contribution is -0.141. The van der Waals surface area contributed by atoms with Crippen molar-refractivity contribution in [1.82, 2.24) is 23.6 Å². The van der Waals surface area contributed by atoms with Gasteiger partial charge < -0.3 is 4.40 Å². The molecule has 4 aromatic heterocycles. The number of nitrogens with zero attached hydrogens (tertiary/aromatic N) is 5. The van der Waals surface area contributed by atoms with Crippen LogP contribution in [0, 0.1) is 0 Å². The lowest BCUT2D eigenvalue weighted by Gasteiger charge is -2.08. The molecule has 0 aliphatic heterocycles. The fraction of sp³-hybridized carbons (Fsp3) is 0.0625. The Hall–Kier alpha value is -2.88. The zero-order valence-electron chi connectivity index (χ0n) is 12.9. The predicted molar refractivity (Wildman–Crippen MR) is 88.7 cm³/mol. The molecule has 0 spiro atoms. The van der Waals surface area contributed by atoms with Crippen LogP contribution in [0.25, 0.3) is 28.2 Å². The average molecular weight is 379 g/mol. The van der Waals surface area contributed by atoms with Gasteiger partial charge in [-0.25, -0.2) is 9.97 Å². The van der Waals surface area contributed by atoms with Gasteiger partial charge in [-0.15, -0.1) is 3.89 Å². The Balaban J connectivity index is 1.88. The third-order valence-electron chi connectivity index (χ3n) is 3.75. The highest BCUT2D eigenvalue weighted by Gasteiger charge is 2.33. The Morgan fingerprint density at radius 1 is 1.04 bits per heavy atom. The third-order valence-corrected chi connectivity index (χ3v) is 4.07. The maximum Gasteiger partial charge on any atom is 0.433 e. The number of halogens is 4. The summed E-state index contributed by atoms with van der Waals surface area (Å²) in [6.07, 6.45) is 1.91. The lowest BCUT2D eigenvalue weighted by atomic mass is 10.1. The molecule has 0 saturated carbocycles. The number of rotatable bonds is 3. The van der Waals surface area contributed by atoms with Gasteiger partial charge in [0, 0.05) is 35.9 Å². The summed E-state index contributed by atoms with van der Waals surface area (Å²) in [4.78, 5) is 7.78. The van der Waals surface area contributed by atoms with Gasteiger partial charge in [0.2, 0.25) is 0 Å². The molecule has 0 bridgehead atoms. The number of hydrogen-bond donors (Lipinski definition) is 0. The Kier molecular flexibility index (Phi) is 3.91. The molecule has 0 fully saturated rings. The van der Waals surface area contributed by atoms with Crippen LogP contribution in [-0.2, 0) is 6.18 Å². The number of imidazole rings is 1.